The predicted octanol–water partition coefficient (Wildman–Crippen LogP) is 1.02. The average Bonchev–Trinajstić information content (AvgIpc) is 2.56. The number of nitrogens with zero attached hydrogens (tertiary/aromatic N) is 1. The molecule has 0 atom stereocenters. The van der Waals surface area contributed by atoms with E-state index in [1.165, 1.54) is 0 Å². The molecule has 0 bridgehead atoms. The van der Waals surface area contributed by atoms with Crippen LogP contribution in [0.4, 0.5) is 0 Å². The molecule has 0 aliphatic carbocycles. The highest BCUT2D eigenvalue weighted by molar-refractivity contribution is 8.03. The monoisotopic (exact) mass is 339 g/mol. The summed E-state index contributed by atoms with van der Waals surface area (Å²) in [6, 6.07) is 6.83. The van der Waals surface area contributed by atoms with Crippen molar-refractivity contribution in [3.8, 4) is 0 Å². The quantitative estimate of drug-likeness (QED) is 0.229. The van der Waals surface area contributed by atoms with Crippen molar-refractivity contribution < 1.29 is 29.1 Å². The first kappa shape index (κ1) is 21.2. The molecule has 0 saturated heterocycles. The Kier molecular flexibility index (Phi) is 11.7. The molecule has 0 saturated carbocycles. The largest absolute Gasteiger partial charge is 0.481 e. The molecular weight excluding hydrogens is 321 g/mol. The number of carbonyl (C=O) groups is 3. The molecule has 0 unspecified atom stereocenters. The molecule has 0 fully saturated rings. The Morgan fingerprint density at radius 3 is 2.48 bits per heavy atom. The molecule has 1 rings (SSSR count). The lowest BCUT2D eigenvalue weighted by molar-refractivity contribution is -0.159. The number of carbonyl (C=O) groups excluding carboxylic acids is 2. The molecule has 1 N–H and O–H groups in total. The van der Waals surface area contributed by atoms with E-state index in [-0.39, 0.29) is 32.7 Å². The maximum atomic E-state index is 12.1. The minimum absolute atomic E-state index is 0.0318. The SMILES string of the molecule is Cc1ccccc1C(=O)N(C=O)OCCOCCC(=O)O.[B]S. The third-order valence-corrected chi connectivity index (χ3v) is 2.59. The molecule has 7 nitrogen and oxygen atoms in total. The third kappa shape index (κ3) is 8.39. The highest BCUT2D eigenvalue weighted by Crippen LogP contribution is 2.10. The van der Waals surface area contributed by atoms with Crippen molar-refractivity contribution in [2.75, 3.05) is 19.8 Å². The van der Waals surface area contributed by atoms with Gasteiger partial charge in [0.15, 0.2) is 7.12 Å². The first-order chi connectivity index (χ1) is 11.1. The van der Waals surface area contributed by atoms with Crippen LogP contribution in [0.3, 0.4) is 0 Å². The van der Waals surface area contributed by atoms with Crippen molar-refractivity contribution in [3.05, 3.63) is 35.4 Å². The molecule has 2 radical (unpaired) electrons. The first-order valence-electron chi connectivity index (χ1n) is 6.59. The van der Waals surface area contributed by atoms with Crippen LogP contribution in [0.25, 0.3) is 0 Å². The molecule has 9 heteroatoms. The van der Waals surface area contributed by atoms with Gasteiger partial charge in [-0.25, -0.2) is 12.5 Å². The third-order valence-electron chi connectivity index (χ3n) is 2.59. The Balaban J connectivity index is 0.00000232. The molecule has 2 amide bonds. The van der Waals surface area contributed by atoms with Crippen LogP contribution < -0.4 is 0 Å². The lowest BCUT2D eigenvalue weighted by atomic mass is 10.1. The van der Waals surface area contributed by atoms with E-state index in [0.29, 0.717) is 10.6 Å². The summed E-state index contributed by atoms with van der Waals surface area (Å²) in [6.45, 7) is 1.85. The average molecular weight is 339 g/mol. The number of carboxylic acids is 1. The predicted molar refractivity (Wildman–Crippen MR) is 87.2 cm³/mol. The van der Waals surface area contributed by atoms with Gasteiger partial charge in [0, 0.05) is 5.56 Å². The molecule has 0 spiro atoms. The molecule has 0 heterocycles. The van der Waals surface area contributed by atoms with Crippen LogP contribution in [0.2, 0.25) is 0 Å². The van der Waals surface area contributed by atoms with Gasteiger partial charge in [-0.3, -0.25) is 19.2 Å². The molecule has 0 aliphatic rings. The van der Waals surface area contributed by atoms with Gasteiger partial charge in [-0.05, 0) is 18.6 Å². The Morgan fingerprint density at radius 1 is 1.26 bits per heavy atom. The molecular formula is C14H18BNO6S. The minimum atomic E-state index is -0.958. The van der Waals surface area contributed by atoms with Crippen molar-refractivity contribution in [1.29, 1.82) is 0 Å². The van der Waals surface area contributed by atoms with Crippen LogP contribution in [0, 0.1) is 6.92 Å². The topological polar surface area (TPSA) is 93.1 Å². The van der Waals surface area contributed by atoms with Crippen LogP contribution in [-0.4, -0.2) is 55.4 Å². The summed E-state index contributed by atoms with van der Waals surface area (Å²) in [7, 11) is 4.19. The van der Waals surface area contributed by atoms with Gasteiger partial charge in [0.25, 0.3) is 5.91 Å². The number of aryl methyl sites for hydroxylation is 1. The lowest BCUT2D eigenvalue weighted by Gasteiger charge is -2.16. The van der Waals surface area contributed by atoms with E-state index < -0.39 is 11.9 Å². The zero-order chi connectivity index (χ0) is 17.7. The highest BCUT2D eigenvalue weighted by Gasteiger charge is 2.17. The smallest absolute Gasteiger partial charge is 0.305 e. The van der Waals surface area contributed by atoms with E-state index in [9.17, 15) is 14.4 Å². The fourth-order valence-electron chi connectivity index (χ4n) is 1.52. The number of hydrogen-bond donors (Lipinski definition) is 2. The summed E-state index contributed by atoms with van der Waals surface area (Å²) in [4.78, 5) is 38.2. The number of amides is 2. The van der Waals surface area contributed by atoms with E-state index >= 15 is 0 Å². The fraction of sp³-hybridized carbons (Fsp3) is 0.357. The summed E-state index contributed by atoms with van der Waals surface area (Å²) in [5.41, 5.74) is 1.10. The Bertz CT molecular complexity index is 514. The van der Waals surface area contributed by atoms with Gasteiger partial charge in [-0.15, -0.1) is 0 Å². The van der Waals surface area contributed by atoms with Gasteiger partial charge in [0.05, 0.1) is 26.2 Å². The number of hydrogen-bond acceptors (Lipinski definition) is 6. The number of ether oxygens (including phenoxy) is 1. The molecule has 0 aromatic heterocycles. The van der Waals surface area contributed by atoms with Crippen LogP contribution in [-0.2, 0) is 19.2 Å². The Labute approximate surface area is 141 Å². The van der Waals surface area contributed by atoms with E-state index in [4.69, 9.17) is 14.7 Å². The summed E-state index contributed by atoms with van der Waals surface area (Å²) < 4.78 is 4.99. The van der Waals surface area contributed by atoms with Crippen LogP contribution >= 0.6 is 12.5 Å². The molecule has 0 aliphatic heterocycles. The second-order valence-corrected chi connectivity index (χ2v) is 4.14. The minimum Gasteiger partial charge on any atom is -0.481 e. The summed E-state index contributed by atoms with van der Waals surface area (Å²) in [5, 5.41) is 9.01. The van der Waals surface area contributed by atoms with E-state index in [1.807, 2.05) is 0 Å². The van der Waals surface area contributed by atoms with Crippen molar-refractivity contribution in [1.82, 2.24) is 5.06 Å². The molecule has 124 valence electrons. The normalized spacial score (nSPS) is 9.48. The number of imide groups is 1. The maximum absolute atomic E-state index is 12.1. The highest BCUT2D eigenvalue weighted by atomic mass is 32.1. The van der Waals surface area contributed by atoms with E-state index in [2.05, 4.69) is 19.6 Å². The van der Waals surface area contributed by atoms with Gasteiger partial charge in [0.1, 0.15) is 0 Å². The Morgan fingerprint density at radius 2 is 1.91 bits per heavy atom. The lowest BCUT2D eigenvalue weighted by Crippen LogP contribution is -2.31. The van der Waals surface area contributed by atoms with E-state index in [0.717, 1.165) is 5.56 Å². The first-order valence-corrected chi connectivity index (χ1v) is 7.10. The van der Waals surface area contributed by atoms with Gasteiger partial charge in [0.2, 0.25) is 6.41 Å². The molecule has 1 aromatic carbocycles. The number of aliphatic carboxylic acids is 1. The second kappa shape index (κ2) is 12.7. The number of hydroxylamine groups is 2. The van der Waals surface area contributed by atoms with Gasteiger partial charge >= 0.3 is 5.97 Å². The molecule has 1 aromatic rings. The zero-order valence-electron chi connectivity index (χ0n) is 12.7. The zero-order valence-corrected chi connectivity index (χ0v) is 13.6. The van der Waals surface area contributed by atoms with Gasteiger partial charge < -0.3 is 9.84 Å². The standard InChI is InChI=1S/C14H17NO6.BHS/c1-11-4-2-3-5-12(11)14(19)15(10-16)21-9-8-20-7-6-13(17)18;1-2/h2-5,10H,6-9H2,1H3,(H,17,18);2H. The second-order valence-electron chi connectivity index (χ2n) is 4.14. The van der Waals surface area contributed by atoms with Gasteiger partial charge in [-0.1, -0.05) is 18.2 Å². The number of thiol groups is 1. The summed E-state index contributed by atoms with van der Waals surface area (Å²) in [5.74, 6) is -1.52. The van der Waals surface area contributed by atoms with Crippen molar-refractivity contribution in [3.63, 3.8) is 0 Å². The van der Waals surface area contributed by atoms with Crippen LogP contribution in [0.5, 0.6) is 0 Å². The van der Waals surface area contributed by atoms with Crippen molar-refractivity contribution in [2.24, 2.45) is 0 Å². The number of benzene rings is 1. The summed E-state index contributed by atoms with van der Waals surface area (Å²) in [6.07, 6.45) is 0.172. The van der Waals surface area contributed by atoms with Crippen molar-refractivity contribution >= 4 is 37.9 Å². The maximum Gasteiger partial charge on any atom is 0.305 e. The summed E-state index contributed by atoms with van der Waals surface area (Å²) >= 11 is 3.03. The number of carboxylic acid groups (broad SMARTS) is 1. The number of rotatable bonds is 9. The van der Waals surface area contributed by atoms with E-state index in [1.54, 1.807) is 31.2 Å². The van der Waals surface area contributed by atoms with Crippen molar-refractivity contribution in [2.45, 2.75) is 13.3 Å². The van der Waals surface area contributed by atoms with Crippen LogP contribution in [0.15, 0.2) is 24.3 Å². The van der Waals surface area contributed by atoms with Crippen LogP contribution in [0.1, 0.15) is 22.3 Å². The van der Waals surface area contributed by atoms with Gasteiger partial charge in [-0.2, -0.15) is 5.06 Å². The fourth-order valence-corrected chi connectivity index (χ4v) is 1.52. The molecule has 23 heavy (non-hydrogen) atoms. The Hall–Kier alpha value is -1.84.